The van der Waals surface area contributed by atoms with E-state index >= 15 is 0 Å². The summed E-state index contributed by atoms with van der Waals surface area (Å²) in [6, 6.07) is 10.1. The molecule has 12 heteroatoms. The number of nitrogens with zero attached hydrogens (tertiary/aromatic N) is 3. The van der Waals surface area contributed by atoms with Crippen molar-refractivity contribution in [2.45, 2.75) is 25.1 Å². The van der Waals surface area contributed by atoms with Gasteiger partial charge in [0.25, 0.3) is 11.8 Å². The number of nitrogen functional groups attached to an aromatic ring is 1. The zero-order valence-electron chi connectivity index (χ0n) is 20.6. The predicted octanol–water partition coefficient (Wildman–Crippen LogP) is 1.67. The van der Waals surface area contributed by atoms with E-state index in [4.69, 9.17) is 19.9 Å². The molecule has 0 unspecified atom stereocenters. The number of amides is 2. The number of piperidine rings is 1. The summed E-state index contributed by atoms with van der Waals surface area (Å²) in [6.07, 6.45) is 1.58. The Labute approximate surface area is 218 Å². The van der Waals surface area contributed by atoms with Gasteiger partial charge >= 0.3 is 0 Å². The van der Waals surface area contributed by atoms with Crippen LogP contribution in [0.2, 0.25) is 0 Å². The number of fused-ring (bicyclic) bond motifs is 5. The lowest BCUT2D eigenvalue weighted by molar-refractivity contribution is -0.123. The Morgan fingerprint density at radius 2 is 2.05 bits per heavy atom. The number of benzene rings is 2. The number of hydrogen-bond donors (Lipinski definition) is 3. The van der Waals surface area contributed by atoms with Crippen LogP contribution in [0.4, 0.5) is 16.2 Å². The zero-order chi connectivity index (χ0) is 26.6. The van der Waals surface area contributed by atoms with Gasteiger partial charge in [0.05, 0.1) is 13.2 Å². The second-order valence-corrected chi connectivity index (χ2v) is 8.98. The van der Waals surface area contributed by atoms with Crippen LogP contribution in [0.25, 0.3) is 0 Å². The van der Waals surface area contributed by atoms with Crippen LogP contribution in [0.1, 0.15) is 22.3 Å². The fourth-order valence-corrected chi connectivity index (χ4v) is 4.45. The van der Waals surface area contributed by atoms with E-state index in [1.165, 1.54) is 25.3 Å². The summed E-state index contributed by atoms with van der Waals surface area (Å²) in [5.41, 5.74) is 6.67. The summed E-state index contributed by atoms with van der Waals surface area (Å²) in [5.74, 6) is 0.363. The normalized spacial score (nSPS) is 19.8. The molecule has 2 amide bonds. The largest absolute Gasteiger partial charge is 0.493 e. The summed E-state index contributed by atoms with van der Waals surface area (Å²) >= 11 is 0. The van der Waals surface area contributed by atoms with Crippen molar-refractivity contribution in [3.05, 3.63) is 65.6 Å². The van der Waals surface area contributed by atoms with Crippen LogP contribution in [-0.4, -0.2) is 60.7 Å². The van der Waals surface area contributed by atoms with Gasteiger partial charge in [0.1, 0.15) is 23.5 Å². The van der Waals surface area contributed by atoms with Crippen LogP contribution in [-0.2, 0) is 11.3 Å². The van der Waals surface area contributed by atoms with E-state index < -0.39 is 23.9 Å². The van der Waals surface area contributed by atoms with Crippen LogP contribution in [0.5, 0.6) is 17.2 Å². The van der Waals surface area contributed by atoms with E-state index in [0.29, 0.717) is 53.9 Å². The second-order valence-electron chi connectivity index (χ2n) is 8.98. The Kier molecular flexibility index (Phi) is 7.11. The number of rotatable bonds is 2. The minimum Gasteiger partial charge on any atom is -0.493 e. The number of halogens is 1. The number of aromatic nitrogens is 2. The third kappa shape index (κ3) is 5.69. The van der Waals surface area contributed by atoms with Crippen LogP contribution in [0.15, 0.2) is 48.7 Å². The Bertz CT molecular complexity index is 1360. The van der Waals surface area contributed by atoms with Crippen molar-refractivity contribution in [1.82, 2.24) is 20.6 Å². The molecule has 0 radical (unpaired) electrons. The lowest BCUT2D eigenvalue weighted by Crippen LogP contribution is -2.57. The second kappa shape index (κ2) is 10.8. The van der Waals surface area contributed by atoms with Gasteiger partial charge in [-0.15, -0.1) is 0 Å². The van der Waals surface area contributed by atoms with Crippen molar-refractivity contribution in [3.63, 3.8) is 0 Å². The summed E-state index contributed by atoms with van der Waals surface area (Å²) in [4.78, 5) is 36.2. The third-order valence-corrected chi connectivity index (χ3v) is 6.31. The van der Waals surface area contributed by atoms with Crippen LogP contribution in [0.3, 0.4) is 0 Å². The average Bonchev–Trinajstić information content (AvgIpc) is 2.90. The summed E-state index contributed by atoms with van der Waals surface area (Å²) in [5, 5.41) is 5.73. The molecular weight excluding hydrogens is 495 g/mol. The fourth-order valence-electron chi connectivity index (χ4n) is 4.45. The van der Waals surface area contributed by atoms with E-state index in [9.17, 15) is 14.0 Å². The number of carbonyl (C=O) groups is 2. The monoisotopic (exact) mass is 522 g/mol. The molecule has 11 nitrogen and oxygen atoms in total. The molecule has 1 fully saturated rings. The maximum Gasteiger partial charge on any atom is 0.258 e. The summed E-state index contributed by atoms with van der Waals surface area (Å²) in [7, 11) is 1.46. The molecule has 3 heterocycles. The van der Waals surface area contributed by atoms with Gasteiger partial charge in [0, 0.05) is 43.9 Å². The number of ether oxygens (including phenoxy) is 3. The molecule has 1 saturated heterocycles. The molecule has 2 atom stereocenters. The third-order valence-electron chi connectivity index (χ3n) is 6.31. The molecule has 1 aromatic heterocycles. The fraction of sp³-hybridized carbons (Fsp3) is 0.308. The molecule has 0 aliphatic carbocycles. The molecule has 3 aromatic rings. The number of anilines is 2. The maximum atomic E-state index is 14.4. The molecule has 2 aliphatic rings. The van der Waals surface area contributed by atoms with Gasteiger partial charge in [0.2, 0.25) is 5.95 Å². The highest BCUT2D eigenvalue weighted by Gasteiger charge is 2.34. The lowest BCUT2D eigenvalue weighted by Gasteiger charge is -2.39. The highest BCUT2D eigenvalue weighted by molar-refractivity contribution is 5.95. The lowest BCUT2D eigenvalue weighted by atomic mass is 10.0. The van der Waals surface area contributed by atoms with E-state index in [-0.39, 0.29) is 24.8 Å². The van der Waals surface area contributed by atoms with Crippen LogP contribution in [0, 0.1) is 5.82 Å². The van der Waals surface area contributed by atoms with Gasteiger partial charge in [-0.05, 0) is 42.0 Å². The average molecular weight is 523 g/mol. The molecule has 38 heavy (non-hydrogen) atoms. The van der Waals surface area contributed by atoms with Crippen molar-refractivity contribution in [2.24, 2.45) is 0 Å². The summed E-state index contributed by atoms with van der Waals surface area (Å²) < 4.78 is 31.6. The maximum absolute atomic E-state index is 14.4. The van der Waals surface area contributed by atoms with Crippen molar-refractivity contribution >= 4 is 23.6 Å². The Hall–Kier alpha value is -4.61. The van der Waals surface area contributed by atoms with Crippen molar-refractivity contribution in [1.29, 1.82) is 0 Å². The number of nitrogens with one attached hydrogen (secondary N) is 2. The Balaban J connectivity index is 1.49. The first kappa shape index (κ1) is 25.1. The van der Waals surface area contributed by atoms with Crippen molar-refractivity contribution in [2.75, 3.05) is 37.4 Å². The smallest absolute Gasteiger partial charge is 0.258 e. The van der Waals surface area contributed by atoms with Gasteiger partial charge in [-0.2, -0.15) is 4.98 Å². The van der Waals surface area contributed by atoms with Gasteiger partial charge < -0.3 is 35.5 Å². The first-order valence-electron chi connectivity index (χ1n) is 12.1. The molecule has 0 spiro atoms. The van der Waals surface area contributed by atoms with Crippen molar-refractivity contribution in [3.8, 4) is 17.2 Å². The van der Waals surface area contributed by atoms with Gasteiger partial charge in [-0.25, -0.2) is 9.37 Å². The topological polar surface area (TPSA) is 141 Å². The summed E-state index contributed by atoms with van der Waals surface area (Å²) in [6.45, 7) is 0.621. The number of carbonyl (C=O) groups excluding carboxylic acids is 2. The van der Waals surface area contributed by atoms with E-state index in [1.807, 2.05) is 4.90 Å². The first-order valence-corrected chi connectivity index (χ1v) is 12.1. The molecule has 0 saturated carbocycles. The molecule has 2 aromatic carbocycles. The molecule has 5 rings (SSSR count). The molecule has 4 bridgehead atoms. The predicted molar refractivity (Wildman–Crippen MR) is 136 cm³/mol. The highest BCUT2D eigenvalue weighted by atomic mass is 19.1. The Morgan fingerprint density at radius 3 is 2.87 bits per heavy atom. The number of nitrogens with two attached hydrogens (primary N) is 1. The standard InChI is InChI=1S/C26H27FN6O5/c1-36-21-3-2-16-10-22(21)37-14-24(34)30-12-15-8-17(27)11-18(9-15)38-20-5-7-33(13-19(20)31-25(16)35)26-29-6-4-23(28)32-26/h2-4,6,8-11,19-20H,5,7,12-14H2,1H3,(H,30,34)(H,31,35)(H2,28,29,32)/t19-,20+/m0/s1. The van der Waals surface area contributed by atoms with Crippen LogP contribution >= 0.6 is 0 Å². The quantitative estimate of drug-likeness (QED) is 0.458. The van der Waals surface area contributed by atoms with E-state index in [1.54, 1.807) is 30.5 Å². The first-order chi connectivity index (χ1) is 18.4. The van der Waals surface area contributed by atoms with Gasteiger partial charge in [-0.3, -0.25) is 9.59 Å². The van der Waals surface area contributed by atoms with E-state index in [0.717, 1.165) is 0 Å². The molecule has 198 valence electrons. The number of hydrogen-bond acceptors (Lipinski definition) is 9. The van der Waals surface area contributed by atoms with Crippen molar-refractivity contribution < 1.29 is 28.2 Å². The van der Waals surface area contributed by atoms with E-state index in [2.05, 4.69) is 20.6 Å². The van der Waals surface area contributed by atoms with Gasteiger partial charge in [0.15, 0.2) is 18.1 Å². The zero-order valence-corrected chi connectivity index (χ0v) is 20.6. The minimum absolute atomic E-state index is 0.0822. The Morgan fingerprint density at radius 1 is 1.18 bits per heavy atom. The molecule has 2 aliphatic heterocycles. The van der Waals surface area contributed by atoms with Gasteiger partial charge in [-0.1, -0.05) is 0 Å². The molecule has 4 N–H and O–H groups in total. The van der Waals surface area contributed by atoms with Crippen LogP contribution < -0.4 is 35.5 Å². The minimum atomic E-state index is -0.507. The highest BCUT2D eigenvalue weighted by Crippen LogP contribution is 2.29. The number of methoxy groups -OCH3 is 1. The SMILES string of the molecule is COc1ccc2cc1OCC(=O)NCc1cc(F)cc(c1)O[C@@H]1CCN(c3nccc(N)n3)C[C@@H]1NC2=O. The molecular formula is C26H27FN6O5.